The van der Waals surface area contributed by atoms with Crippen LogP contribution in [0.15, 0.2) is 109 Å². The Labute approximate surface area is 253 Å². The molecule has 0 aliphatic carbocycles. The molecule has 0 atom stereocenters. The van der Waals surface area contributed by atoms with E-state index in [0.29, 0.717) is 33.4 Å². The SMILES string of the molecule is Cc1c(C(=O)[O][Al]([O]C(=O)c2ccc3ccccc3c2C)[O]C(=O)c2ccc3ccccc3c2C)ccc2ccccc12. The summed E-state index contributed by atoms with van der Waals surface area (Å²) in [6.45, 7) is 5.47. The van der Waals surface area contributed by atoms with Crippen molar-refractivity contribution in [1.29, 1.82) is 0 Å². The summed E-state index contributed by atoms with van der Waals surface area (Å²) in [6, 6.07) is 33.5. The number of rotatable bonds is 6. The molecule has 0 aliphatic rings. The summed E-state index contributed by atoms with van der Waals surface area (Å²) in [5, 5.41) is 5.60. The van der Waals surface area contributed by atoms with E-state index in [0.717, 1.165) is 32.3 Å². The fourth-order valence-electron chi connectivity index (χ4n) is 5.47. The predicted molar refractivity (Wildman–Crippen MR) is 168 cm³/mol. The largest absolute Gasteiger partial charge is 1.20 e. The van der Waals surface area contributed by atoms with Crippen molar-refractivity contribution >= 4 is 65.4 Å². The maximum atomic E-state index is 13.5. The van der Waals surface area contributed by atoms with Gasteiger partial charge >= 0.3 is 33.1 Å². The molecule has 0 saturated heterocycles. The lowest BCUT2D eigenvalue weighted by Crippen LogP contribution is -2.35. The second-order valence-electron chi connectivity index (χ2n) is 10.4. The first kappa shape index (κ1) is 28.2. The lowest BCUT2D eigenvalue weighted by atomic mass is 10.0. The third-order valence-corrected chi connectivity index (χ3v) is 9.08. The molecule has 0 aromatic heterocycles. The van der Waals surface area contributed by atoms with Crippen LogP contribution in [0.3, 0.4) is 0 Å². The summed E-state index contributed by atoms with van der Waals surface area (Å²) < 4.78 is 17.2. The molecule has 6 nitrogen and oxygen atoms in total. The van der Waals surface area contributed by atoms with Gasteiger partial charge in [-0.05, 0) is 88.0 Å². The summed E-state index contributed by atoms with van der Waals surface area (Å²) in [5.74, 6) is -2.19. The number of aryl methyl sites for hydroxylation is 3. The molecule has 6 aromatic carbocycles. The van der Waals surface area contributed by atoms with Gasteiger partial charge in [0.25, 0.3) is 0 Å². The molecule has 7 heteroatoms. The molecule has 0 N–H and O–H groups in total. The average Bonchev–Trinajstić information content (AvgIpc) is 3.01. The molecule has 0 amide bonds. The molecule has 0 unspecified atom stereocenters. The molecule has 0 heterocycles. The van der Waals surface area contributed by atoms with Gasteiger partial charge in [0.15, 0.2) is 0 Å². The monoisotopic (exact) mass is 582 g/mol. The van der Waals surface area contributed by atoms with Gasteiger partial charge in [0.05, 0.1) is 16.7 Å². The number of fused-ring (bicyclic) bond motifs is 3. The van der Waals surface area contributed by atoms with Crippen LogP contribution in [-0.2, 0) is 11.4 Å². The summed E-state index contributed by atoms with van der Waals surface area (Å²) in [6.07, 6.45) is 0. The number of carbonyl (C=O) groups excluding carboxylic acids is 3. The number of carbonyl (C=O) groups is 3. The summed E-state index contributed by atoms with van der Waals surface area (Å²) in [7, 11) is 0. The summed E-state index contributed by atoms with van der Waals surface area (Å²) in [4.78, 5) is 40.4. The topological polar surface area (TPSA) is 78.9 Å². The highest BCUT2D eigenvalue weighted by molar-refractivity contribution is 6.46. The minimum atomic E-state index is -3.71. The fourth-order valence-corrected chi connectivity index (χ4v) is 6.52. The Hall–Kier alpha value is -4.96. The van der Waals surface area contributed by atoms with Gasteiger partial charge in [0, 0.05) is 0 Å². The lowest BCUT2D eigenvalue weighted by Gasteiger charge is -2.17. The zero-order valence-electron chi connectivity index (χ0n) is 23.9. The summed E-state index contributed by atoms with van der Waals surface area (Å²) >= 11 is -3.71. The van der Waals surface area contributed by atoms with E-state index in [2.05, 4.69) is 0 Å². The van der Waals surface area contributed by atoms with Crippen LogP contribution in [0.4, 0.5) is 0 Å². The maximum absolute atomic E-state index is 13.5. The van der Waals surface area contributed by atoms with E-state index in [1.54, 1.807) is 18.2 Å². The van der Waals surface area contributed by atoms with Crippen molar-refractivity contribution in [3.8, 4) is 0 Å². The average molecular weight is 583 g/mol. The zero-order chi connectivity index (χ0) is 30.1. The highest BCUT2D eigenvalue weighted by atomic mass is 27.3. The van der Waals surface area contributed by atoms with E-state index in [9.17, 15) is 14.4 Å². The Morgan fingerprint density at radius 2 is 0.698 bits per heavy atom. The van der Waals surface area contributed by atoms with Crippen molar-refractivity contribution in [1.82, 2.24) is 0 Å². The van der Waals surface area contributed by atoms with Crippen LogP contribution in [-0.4, -0.2) is 33.1 Å². The Kier molecular flexibility index (Phi) is 7.69. The van der Waals surface area contributed by atoms with E-state index >= 15 is 0 Å². The van der Waals surface area contributed by atoms with Crippen LogP contribution in [0, 0.1) is 20.8 Å². The predicted octanol–water partition coefficient (Wildman–Crippen LogP) is 7.93. The van der Waals surface area contributed by atoms with Gasteiger partial charge in [-0.25, -0.2) is 14.4 Å². The lowest BCUT2D eigenvalue weighted by molar-refractivity contribution is 0.0410. The molecule has 6 rings (SSSR count). The molecule has 210 valence electrons. The number of benzene rings is 6. The molecule has 43 heavy (non-hydrogen) atoms. The Bertz CT molecular complexity index is 1830. The van der Waals surface area contributed by atoms with Crippen molar-refractivity contribution in [3.63, 3.8) is 0 Å². The third kappa shape index (κ3) is 5.49. The van der Waals surface area contributed by atoms with Crippen molar-refractivity contribution < 1.29 is 25.7 Å². The van der Waals surface area contributed by atoms with Crippen LogP contribution in [0.1, 0.15) is 47.8 Å². The van der Waals surface area contributed by atoms with E-state index < -0.39 is 33.1 Å². The molecule has 0 bridgehead atoms. The zero-order valence-corrected chi connectivity index (χ0v) is 25.1. The smallest absolute Gasteiger partial charge is 0.547 e. The minimum Gasteiger partial charge on any atom is -0.547 e. The Morgan fingerprint density at radius 3 is 1.00 bits per heavy atom. The van der Waals surface area contributed by atoms with Gasteiger partial charge in [-0.1, -0.05) is 91.0 Å². The molecule has 0 spiro atoms. The van der Waals surface area contributed by atoms with Crippen LogP contribution in [0.5, 0.6) is 0 Å². The summed E-state index contributed by atoms with van der Waals surface area (Å²) in [5.41, 5.74) is 3.03. The van der Waals surface area contributed by atoms with Crippen LogP contribution in [0.25, 0.3) is 32.3 Å². The van der Waals surface area contributed by atoms with Crippen LogP contribution >= 0.6 is 0 Å². The number of hydrogen-bond donors (Lipinski definition) is 0. The first-order chi connectivity index (χ1) is 20.8. The van der Waals surface area contributed by atoms with Gasteiger partial charge in [0.1, 0.15) is 0 Å². The Balaban J connectivity index is 1.33. The maximum Gasteiger partial charge on any atom is 1.20 e. The van der Waals surface area contributed by atoms with E-state index in [1.165, 1.54) is 0 Å². The molecular formula is C36H27AlO6. The van der Waals surface area contributed by atoms with Gasteiger partial charge < -0.3 is 11.4 Å². The second kappa shape index (κ2) is 11.7. The highest BCUT2D eigenvalue weighted by Crippen LogP contribution is 2.26. The van der Waals surface area contributed by atoms with Crippen molar-refractivity contribution in [2.75, 3.05) is 0 Å². The number of hydrogen-bond acceptors (Lipinski definition) is 6. The van der Waals surface area contributed by atoms with Gasteiger partial charge in [-0.2, -0.15) is 0 Å². The highest BCUT2D eigenvalue weighted by Gasteiger charge is 2.50. The first-order valence-corrected chi connectivity index (χ1v) is 15.3. The quantitative estimate of drug-likeness (QED) is 0.186. The van der Waals surface area contributed by atoms with E-state index in [-0.39, 0.29) is 0 Å². The first-order valence-electron chi connectivity index (χ1n) is 13.9. The van der Waals surface area contributed by atoms with Crippen molar-refractivity contribution in [3.05, 3.63) is 143 Å². The molecule has 0 aliphatic heterocycles. The molecule has 6 aromatic rings. The second-order valence-corrected chi connectivity index (χ2v) is 11.7. The molecule has 0 saturated carbocycles. The van der Waals surface area contributed by atoms with Crippen LogP contribution < -0.4 is 0 Å². The Morgan fingerprint density at radius 1 is 0.419 bits per heavy atom. The van der Waals surface area contributed by atoms with Gasteiger partial charge in [-0.15, -0.1) is 0 Å². The van der Waals surface area contributed by atoms with Gasteiger partial charge in [-0.3, -0.25) is 0 Å². The normalized spacial score (nSPS) is 11.0. The van der Waals surface area contributed by atoms with E-state index in [4.69, 9.17) is 11.4 Å². The van der Waals surface area contributed by atoms with Crippen molar-refractivity contribution in [2.45, 2.75) is 20.8 Å². The molecule has 0 fully saturated rings. The standard InChI is InChI=1S/3C12H10O2.Al/c3*1-8-10-5-3-2-4-9(10)6-7-11(8)12(13)14;/h3*2-7H,1H3,(H,13,14);/q;;;+3/p-3. The van der Waals surface area contributed by atoms with Crippen molar-refractivity contribution in [2.24, 2.45) is 0 Å². The molecule has 0 radical (unpaired) electrons. The minimum absolute atomic E-state index is 0.298. The van der Waals surface area contributed by atoms with Crippen LogP contribution in [0.2, 0.25) is 0 Å². The van der Waals surface area contributed by atoms with Gasteiger partial charge in [0.2, 0.25) is 0 Å². The van der Waals surface area contributed by atoms with E-state index in [1.807, 2.05) is 112 Å². The fraction of sp³-hybridized carbons (Fsp3) is 0.0833. The molecular weight excluding hydrogens is 555 g/mol. The third-order valence-electron chi connectivity index (χ3n) is 7.86.